The smallest absolute Gasteiger partial charge is 0.291 e. The predicted octanol–water partition coefficient (Wildman–Crippen LogP) is 2.97. The molecule has 1 N–H and O–H groups in total. The Kier molecular flexibility index (Phi) is 4.81. The molecule has 0 aromatic carbocycles. The summed E-state index contributed by atoms with van der Waals surface area (Å²) in [6, 6.07) is 6.99. The van der Waals surface area contributed by atoms with Crippen molar-refractivity contribution in [2.45, 2.75) is 26.7 Å². The van der Waals surface area contributed by atoms with Crippen LogP contribution in [0.3, 0.4) is 0 Å². The molecule has 110 valence electrons. The molecule has 0 aliphatic carbocycles. The van der Waals surface area contributed by atoms with E-state index in [2.05, 4.69) is 22.2 Å². The van der Waals surface area contributed by atoms with Gasteiger partial charge in [-0.2, -0.15) is 0 Å². The molecular formula is C15H18N4O2. The number of nitrogens with one attached hydrogen (secondary N) is 1. The van der Waals surface area contributed by atoms with Crippen molar-refractivity contribution in [3.63, 3.8) is 0 Å². The molecular weight excluding hydrogens is 268 g/mol. The van der Waals surface area contributed by atoms with Gasteiger partial charge in [0.05, 0.1) is 4.92 Å². The molecule has 0 fully saturated rings. The molecule has 0 unspecified atom stereocenters. The summed E-state index contributed by atoms with van der Waals surface area (Å²) in [5, 5.41) is 14.2. The maximum absolute atomic E-state index is 11.1. The fourth-order valence-electron chi connectivity index (χ4n) is 2.01. The second-order valence-electron chi connectivity index (χ2n) is 4.64. The predicted molar refractivity (Wildman–Crippen MR) is 81.5 cm³/mol. The lowest BCUT2D eigenvalue weighted by molar-refractivity contribution is -0.385. The first-order chi connectivity index (χ1) is 10.1. The SMILES string of the molecule is CCNc1ccc([N+](=O)[O-])c(Cc2ccc(CC)cn2)n1. The summed E-state index contributed by atoms with van der Waals surface area (Å²) in [6.07, 6.45) is 3.07. The number of aryl methyl sites for hydroxylation is 1. The molecule has 6 heteroatoms. The minimum Gasteiger partial charge on any atom is -0.370 e. The number of rotatable bonds is 6. The van der Waals surface area contributed by atoms with Gasteiger partial charge in [0.15, 0.2) is 0 Å². The Balaban J connectivity index is 2.30. The van der Waals surface area contributed by atoms with Crippen molar-refractivity contribution in [1.82, 2.24) is 9.97 Å². The quantitative estimate of drug-likeness (QED) is 0.652. The molecule has 2 aromatic rings. The maximum atomic E-state index is 11.1. The Morgan fingerprint density at radius 2 is 2.05 bits per heavy atom. The van der Waals surface area contributed by atoms with Crippen LogP contribution in [0.4, 0.5) is 11.5 Å². The summed E-state index contributed by atoms with van der Waals surface area (Å²) in [7, 11) is 0. The van der Waals surface area contributed by atoms with Crippen LogP contribution in [-0.2, 0) is 12.8 Å². The highest BCUT2D eigenvalue weighted by molar-refractivity contribution is 5.46. The van der Waals surface area contributed by atoms with Gasteiger partial charge in [0, 0.05) is 30.9 Å². The zero-order chi connectivity index (χ0) is 15.2. The van der Waals surface area contributed by atoms with Crippen LogP contribution in [0.5, 0.6) is 0 Å². The third-order valence-electron chi connectivity index (χ3n) is 3.15. The Morgan fingerprint density at radius 1 is 1.24 bits per heavy atom. The van der Waals surface area contributed by atoms with Gasteiger partial charge in [-0.05, 0) is 31.0 Å². The number of hydrogen-bond donors (Lipinski definition) is 1. The number of nitro groups is 1. The molecule has 0 aliphatic rings. The van der Waals surface area contributed by atoms with E-state index in [0.717, 1.165) is 17.7 Å². The summed E-state index contributed by atoms with van der Waals surface area (Å²) in [6.45, 7) is 4.73. The number of nitrogens with zero attached hydrogens (tertiary/aromatic N) is 3. The van der Waals surface area contributed by atoms with Gasteiger partial charge in [-0.1, -0.05) is 13.0 Å². The Hall–Kier alpha value is -2.50. The van der Waals surface area contributed by atoms with Crippen LogP contribution < -0.4 is 5.32 Å². The van der Waals surface area contributed by atoms with Crippen molar-refractivity contribution in [3.05, 3.63) is 57.5 Å². The first-order valence-electron chi connectivity index (χ1n) is 6.96. The molecule has 0 atom stereocenters. The Bertz CT molecular complexity index is 626. The minimum atomic E-state index is -0.404. The topological polar surface area (TPSA) is 81.0 Å². The second-order valence-corrected chi connectivity index (χ2v) is 4.64. The summed E-state index contributed by atoms with van der Waals surface area (Å²) in [5.41, 5.74) is 2.37. The van der Waals surface area contributed by atoms with Crippen molar-refractivity contribution in [2.75, 3.05) is 11.9 Å². The monoisotopic (exact) mass is 286 g/mol. The van der Waals surface area contributed by atoms with Crippen molar-refractivity contribution in [3.8, 4) is 0 Å². The lowest BCUT2D eigenvalue weighted by Gasteiger charge is -2.07. The van der Waals surface area contributed by atoms with E-state index in [0.29, 0.717) is 24.5 Å². The van der Waals surface area contributed by atoms with Crippen LogP contribution >= 0.6 is 0 Å². The maximum Gasteiger partial charge on any atom is 0.291 e. The van der Waals surface area contributed by atoms with Crippen molar-refractivity contribution >= 4 is 11.5 Å². The van der Waals surface area contributed by atoms with Gasteiger partial charge in [-0.3, -0.25) is 15.1 Å². The molecule has 2 heterocycles. The summed E-state index contributed by atoms with van der Waals surface area (Å²) >= 11 is 0. The van der Waals surface area contributed by atoms with Crippen LogP contribution in [0.25, 0.3) is 0 Å². The van der Waals surface area contributed by atoms with Crippen LogP contribution in [0.1, 0.15) is 30.8 Å². The van der Waals surface area contributed by atoms with Gasteiger partial charge in [-0.15, -0.1) is 0 Å². The molecule has 21 heavy (non-hydrogen) atoms. The van der Waals surface area contributed by atoms with E-state index in [-0.39, 0.29) is 5.69 Å². The number of anilines is 1. The van der Waals surface area contributed by atoms with E-state index in [1.807, 2.05) is 19.1 Å². The normalized spacial score (nSPS) is 10.4. The van der Waals surface area contributed by atoms with Gasteiger partial charge >= 0.3 is 0 Å². The average Bonchev–Trinajstić information content (AvgIpc) is 2.48. The molecule has 0 radical (unpaired) electrons. The summed E-state index contributed by atoms with van der Waals surface area (Å²) in [4.78, 5) is 19.4. The highest BCUT2D eigenvalue weighted by atomic mass is 16.6. The lowest BCUT2D eigenvalue weighted by atomic mass is 10.1. The average molecular weight is 286 g/mol. The van der Waals surface area contributed by atoms with E-state index in [9.17, 15) is 10.1 Å². The first-order valence-corrected chi connectivity index (χ1v) is 6.96. The zero-order valence-corrected chi connectivity index (χ0v) is 12.2. The fraction of sp³-hybridized carbons (Fsp3) is 0.333. The van der Waals surface area contributed by atoms with E-state index in [1.54, 1.807) is 12.3 Å². The molecule has 0 spiro atoms. The third kappa shape index (κ3) is 3.75. The van der Waals surface area contributed by atoms with E-state index in [4.69, 9.17) is 0 Å². The largest absolute Gasteiger partial charge is 0.370 e. The van der Waals surface area contributed by atoms with Crippen LogP contribution in [0.15, 0.2) is 30.5 Å². The Morgan fingerprint density at radius 3 is 2.62 bits per heavy atom. The number of aromatic nitrogens is 2. The summed E-state index contributed by atoms with van der Waals surface area (Å²) < 4.78 is 0. The van der Waals surface area contributed by atoms with Gasteiger partial charge < -0.3 is 5.32 Å². The summed E-state index contributed by atoms with van der Waals surface area (Å²) in [5.74, 6) is 0.642. The molecule has 0 bridgehead atoms. The highest BCUT2D eigenvalue weighted by Gasteiger charge is 2.16. The van der Waals surface area contributed by atoms with E-state index >= 15 is 0 Å². The molecule has 2 rings (SSSR count). The van der Waals surface area contributed by atoms with Crippen molar-refractivity contribution in [1.29, 1.82) is 0 Å². The second kappa shape index (κ2) is 6.78. The minimum absolute atomic E-state index is 0.0259. The molecule has 0 saturated carbocycles. The molecule has 0 saturated heterocycles. The molecule has 2 aromatic heterocycles. The number of hydrogen-bond acceptors (Lipinski definition) is 5. The molecule has 6 nitrogen and oxygen atoms in total. The van der Waals surface area contributed by atoms with Crippen molar-refractivity contribution < 1.29 is 4.92 Å². The highest BCUT2D eigenvalue weighted by Crippen LogP contribution is 2.21. The van der Waals surface area contributed by atoms with Gasteiger partial charge in [-0.25, -0.2) is 4.98 Å². The van der Waals surface area contributed by atoms with Gasteiger partial charge in [0.2, 0.25) is 0 Å². The lowest BCUT2D eigenvalue weighted by Crippen LogP contribution is -2.05. The molecule has 0 aliphatic heterocycles. The van der Waals surface area contributed by atoms with E-state index < -0.39 is 4.92 Å². The zero-order valence-electron chi connectivity index (χ0n) is 12.2. The fourth-order valence-corrected chi connectivity index (χ4v) is 2.01. The van der Waals surface area contributed by atoms with E-state index in [1.165, 1.54) is 6.07 Å². The first kappa shape index (κ1) is 14.9. The standard InChI is InChI=1S/C15H18N4O2/c1-3-11-5-6-12(17-10-11)9-13-14(19(20)21)7-8-15(18-13)16-4-2/h5-8,10H,3-4,9H2,1-2H3,(H,16,18). The van der Waals surface area contributed by atoms with Crippen LogP contribution in [0, 0.1) is 10.1 Å². The van der Waals surface area contributed by atoms with Crippen LogP contribution in [0.2, 0.25) is 0 Å². The van der Waals surface area contributed by atoms with Gasteiger partial charge in [0.1, 0.15) is 11.5 Å². The Labute approximate surface area is 123 Å². The van der Waals surface area contributed by atoms with Crippen LogP contribution in [-0.4, -0.2) is 21.4 Å². The van der Waals surface area contributed by atoms with Gasteiger partial charge in [0.25, 0.3) is 5.69 Å². The number of pyridine rings is 2. The molecule has 0 amide bonds. The van der Waals surface area contributed by atoms with Crippen molar-refractivity contribution in [2.24, 2.45) is 0 Å². The third-order valence-corrected chi connectivity index (χ3v) is 3.15.